The topological polar surface area (TPSA) is 32.6 Å². The minimum absolute atomic E-state index is 0.660. The quantitative estimate of drug-likeness (QED) is 0.0468. The second kappa shape index (κ2) is 19.1. The van der Waals surface area contributed by atoms with Gasteiger partial charge in [-0.05, 0) is 110 Å². The van der Waals surface area contributed by atoms with Crippen molar-refractivity contribution in [2.24, 2.45) is 0 Å². The molecule has 0 aliphatic heterocycles. The van der Waals surface area contributed by atoms with E-state index in [4.69, 9.17) is 13.3 Å². The van der Waals surface area contributed by atoms with Crippen LogP contribution in [-0.2, 0) is 13.3 Å². The SMILES string of the molecule is CCCCO[Si](OCCCC)(OCCCC)c1sc(C=CC=Cc2ccc3c(c2)c2cc(Sc4ccccc4)ccc2n3-c2ccccc2)c(C)c1C. The summed E-state index contributed by atoms with van der Waals surface area (Å²) in [7, 11) is -3.07. The van der Waals surface area contributed by atoms with Crippen LogP contribution in [0.4, 0.5) is 0 Å². The molecule has 53 heavy (non-hydrogen) atoms. The van der Waals surface area contributed by atoms with Crippen molar-refractivity contribution in [3.05, 3.63) is 131 Å². The van der Waals surface area contributed by atoms with Gasteiger partial charge in [0, 0.05) is 50.9 Å². The van der Waals surface area contributed by atoms with Gasteiger partial charge in [0.25, 0.3) is 0 Å². The van der Waals surface area contributed by atoms with Crippen molar-refractivity contribution < 1.29 is 13.3 Å². The summed E-state index contributed by atoms with van der Waals surface area (Å²) >= 11 is 3.58. The van der Waals surface area contributed by atoms with Crippen molar-refractivity contribution >= 4 is 70.4 Å². The molecule has 7 heteroatoms. The number of allylic oxidation sites excluding steroid dienone is 2. The van der Waals surface area contributed by atoms with Gasteiger partial charge in [0.1, 0.15) is 0 Å². The first-order valence-corrected chi connectivity index (χ1v) is 22.6. The average molecular weight is 760 g/mol. The number of thiophene rings is 1. The van der Waals surface area contributed by atoms with Crippen molar-refractivity contribution in [2.75, 3.05) is 19.8 Å². The van der Waals surface area contributed by atoms with E-state index in [1.807, 2.05) is 0 Å². The van der Waals surface area contributed by atoms with Crippen LogP contribution in [0.25, 0.3) is 39.6 Å². The number of rotatable bonds is 19. The Balaban J connectivity index is 1.31. The zero-order valence-corrected chi connectivity index (χ0v) is 34.5. The molecular weight excluding hydrogens is 707 g/mol. The van der Waals surface area contributed by atoms with Crippen LogP contribution in [0, 0.1) is 13.8 Å². The Morgan fingerprint density at radius 3 is 1.81 bits per heavy atom. The lowest BCUT2D eigenvalue weighted by Gasteiger charge is -2.29. The third kappa shape index (κ3) is 9.34. The molecule has 0 N–H and O–H groups in total. The normalized spacial score (nSPS) is 12.3. The van der Waals surface area contributed by atoms with Gasteiger partial charge in [-0.3, -0.25) is 0 Å². The van der Waals surface area contributed by atoms with Gasteiger partial charge in [0.15, 0.2) is 0 Å². The molecule has 0 unspecified atom stereocenters. The Kier molecular flexibility index (Phi) is 14.0. The average Bonchev–Trinajstić information content (AvgIpc) is 3.66. The van der Waals surface area contributed by atoms with Gasteiger partial charge in [0.2, 0.25) is 0 Å². The Morgan fingerprint density at radius 2 is 1.19 bits per heavy atom. The van der Waals surface area contributed by atoms with Gasteiger partial charge in [0.05, 0.1) is 15.5 Å². The van der Waals surface area contributed by atoms with Gasteiger partial charge in [-0.2, -0.15) is 0 Å². The number of aromatic nitrogens is 1. The van der Waals surface area contributed by atoms with E-state index in [9.17, 15) is 0 Å². The second-order valence-electron chi connectivity index (χ2n) is 13.5. The van der Waals surface area contributed by atoms with E-state index in [1.54, 1.807) is 23.1 Å². The lowest BCUT2D eigenvalue weighted by atomic mass is 10.1. The largest absolute Gasteiger partial charge is 0.547 e. The standard InChI is InChI=1S/C46H53NO3S2Si/c1-6-9-30-48-53(49-31-10-7-2,50-32-11-8-3)46-36(5)35(4)45(52-46)25-19-18-20-37-26-28-43-41(33-37)42-34-40(51-39-23-16-13-17-24-39)27-29-44(42)47(43)38-21-14-12-15-22-38/h12-29,33-34H,6-11,30-32H2,1-5H3. The molecule has 2 heterocycles. The molecular formula is C46H53NO3S2Si. The van der Waals surface area contributed by atoms with E-state index in [1.165, 1.54) is 53.2 Å². The lowest BCUT2D eigenvalue weighted by molar-refractivity contribution is 0.0706. The molecule has 2 aromatic heterocycles. The highest BCUT2D eigenvalue weighted by atomic mass is 32.2. The fraction of sp³-hybridized carbons (Fsp3) is 0.304. The minimum Gasteiger partial charge on any atom is -0.370 e. The number of unbranched alkanes of at least 4 members (excludes halogenated alkanes) is 3. The highest BCUT2D eigenvalue weighted by Gasteiger charge is 2.47. The molecule has 4 aromatic carbocycles. The van der Waals surface area contributed by atoms with Gasteiger partial charge in [-0.1, -0.05) is 112 Å². The zero-order chi connectivity index (χ0) is 37.0. The third-order valence-electron chi connectivity index (χ3n) is 9.53. The summed E-state index contributed by atoms with van der Waals surface area (Å²) in [5.41, 5.74) is 7.24. The van der Waals surface area contributed by atoms with Crippen molar-refractivity contribution in [1.29, 1.82) is 0 Å². The van der Waals surface area contributed by atoms with Gasteiger partial charge >= 0.3 is 8.80 Å². The first-order valence-electron chi connectivity index (χ1n) is 19.2. The molecule has 4 nitrogen and oxygen atoms in total. The van der Waals surface area contributed by atoms with Crippen molar-refractivity contribution in [3.8, 4) is 5.69 Å². The second-order valence-corrected chi connectivity index (χ2v) is 18.5. The van der Waals surface area contributed by atoms with Crippen LogP contribution in [0.5, 0.6) is 0 Å². The highest BCUT2D eigenvalue weighted by molar-refractivity contribution is 7.99. The summed E-state index contributed by atoms with van der Waals surface area (Å²) in [6.07, 6.45) is 15.0. The summed E-state index contributed by atoms with van der Waals surface area (Å²) in [5.74, 6) is 0. The van der Waals surface area contributed by atoms with Gasteiger partial charge < -0.3 is 17.8 Å². The summed E-state index contributed by atoms with van der Waals surface area (Å²) in [6, 6.07) is 34.9. The van der Waals surface area contributed by atoms with Crippen molar-refractivity contribution in [3.63, 3.8) is 0 Å². The third-order valence-corrected chi connectivity index (χ3v) is 15.4. The molecule has 0 spiro atoms. The molecule has 0 saturated carbocycles. The number of para-hydroxylation sites is 1. The number of fused-ring (bicyclic) bond motifs is 3. The minimum atomic E-state index is -3.07. The first kappa shape index (κ1) is 39.0. The van der Waals surface area contributed by atoms with E-state index in [2.05, 4.69) is 161 Å². The molecule has 276 valence electrons. The van der Waals surface area contributed by atoms with Crippen LogP contribution in [-0.4, -0.2) is 33.2 Å². The lowest BCUT2D eigenvalue weighted by Crippen LogP contribution is -2.57. The molecule has 0 aliphatic rings. The van der Waals surface area contributed by atoms with Crippen molar-refractivity contribution in [2.45, 2.75) is 82.9 Å². The maximum absolute atomic E-state index is 6.68. The smallest absolute Gasteiger partial charge is 0.370 e. The summed E-state index contributed by atoms with van der Waals surface area (Å²) in [6.45, 7) is 13.0. The maximum atomic E-state index is 6.68. The monoisotopic (exact) mass is 759 g/mol. The van der Waals surface area contributed by atoms with Crippen LogP contribution >= 0.6 is 23.1 Å². The maximum Gasteiger partial charge on any atom is 0.547 e. The van der Waals surface area contributed by atoms with E-state index in [0.29, 0.717) is 19.8 Å². The van der Waals surface area contributed by atoms with Crippen LogP contribution in [0.15, 0.2) is 119 Å². The molecule has 6 aromatic rings. The van der Waals surface area contributed by atoms with Crippen LogP contribution < -0.4 is 4.50 Å². The number of benzene rings is 4. The number of nitrogens with zero attached hydrogens (tertiary/aromatic N) is 1. The van der Waals surface area contributed by atoms with Crippen LogP contribution in [0.2, 0.25) is 0 Å². The Bertz CT molecular complexity index is 2110. The highest BCUT2D eigenvalue weighted by Crippen LogP contribution is 2.37. The van der Waals surface area contributed by atoms with Crippen LogP contribution in [0.1, 0.15) is 80.9 Å². The molecule has 0 bridgehead atoms. The van der Waals surface area contributed by atoms with E-state index < -0.39 is 8.80 Å². The molecule has 0 aliphatic carbocycles. The molecule has 0 amide bonds. The van der Waals surface area contributed by atoms with Gasteiger partial charge in [-0.25, -0.2) is 0 Å². The number of hydrogen-bond acceptors (Lipinski definition) is 5. The number of hydrogen-bond donors (Lipinski definition) is 0. The summed E-state index contributed by atoms with van der Waals surface area (Å²) in [4.78, 5) is 3.69. The zero-order valence-electron chi connectivity index (χ0n) is 31.9. The van der Waals surface area contributed by atoms with Crippen LogP contribution in [0.3, 0.4) is 0 Å². The summed E-state index contributed by atoms with van der Waals surface area (Å²) in [5, 5.41) is 2.50. The predicted molar refractivity (Wildman–Crippen MR) is 231 cm³/mol. The van der Waals surface area contributed by atoms with E-state index >= 15 is 0 Å². The molecule has 6 rings (SSSR count). The Morgan fingerprint density at radius 1 is 0.623 bits per heavy atom. The van der Waals surface area contributed by atoms with Gasteiger partial charge in [-0.15, -0.1) is 11.3 Å². The fourth-order valence-electron chi connectivity index (χ4n) is 6.42. The fourth-order valence-corrected chi connectivity index (χ4v) is 12.2. The molecule has 0 fully saturated rings. The van der Waals surface area contributed by atoms with E-state index in [-0.39, 0.29) is 0 Å². The molecule has 0 radical (unpaired) electrons. The Labute approximate surface area is 325 Å². The van der Waals surface area contributed by atoms with E-state index in [0.717, 1.165) is 48.7 Å². The molecule has 0 atom stereocenters. The van der Waals surface area contributed by atoms with Crippen molar-refractivity contribution in [1.82, 2.24) is 4.57 Å². The first-order chi connectivity index (χ1) is 26.0. The molecule has 0 saturated heterocycles. The Hall–Kier alpha value is -3.69. The summed E-state index contributed by atoms with van der Waals surface area (Å²) < 4.78 is 23.6. The predicted octanol–water partition coefficient (Wildman–Crippen LogP) is 12.9.